The molecule has 7 nitrogen and oxygen atoms in total. The van der Waals surface area contributed by atoms with Gasteiger partial charge in [0.05, 0.1) is 0 Å². The van der Waals surface area contributed by atoms with Crippen LogP contribution >= 0.6 is 0 Å². The van der Waals surface area contributed by atoms with Crippen molar-refractivity contribution in [2.24, 2.45) is 5.92 Å². The van der Waals surface area contributed by atoms with Crippen LogP contribution in [0.4, 0.5) is 4.79 Å². The Hall–Kier alpha value is -3.35. The number of nitrogens with one attached hydrogen (secondary N) is 1. The molecule has 0 aromatic heterocycles. The number of ether oxygens (including phenoxy) is 1. The molecule has 2 heterocycles. The summed E-state index contributed by atoms with van der Waals surface area (Å²) in [5.41, 5.74) is 3.52. The minimum Gasteiger partial charge on any atom is -0.479 e. The molecule has 2 aromatic rings. The molecular formula is C28H32N2O5. The number of carboxylic acid groups (broad SMARTS) is 1. The van der Waals surface area contributed by atoms with Crippen molar-refractivity contribution in [2.75, 3.05) is 13.2 Å². The predicted molar refractivity (Wildman–Crippen MR) is 131 cm³/mol. The van der Waals surface area contributed by atoms with Crippen molar-refractivity contribution in [3.8, 4) is 11.1 Å². The molecule has 2 N–H and O–H groups in total. The highest BCUT2D eigenvalue weighted by atomic mass is 16.5. The van der Waals surface area contributed by atoms with E-state index in [0.29, 0.717) is 31.7 Å². The zero-order valence-electron chi connectivity index (χ0n) is 20.0. The maximum Gasteiger partial charge on any atom is 0.407 e. The van der Waals surface area contributed by atoms with Gasteiger partial charge in [-0.2, -0.15) is 0 Å². The van der Waals surface area contributed by atoms with Crippen LogP contribution in [0.2, 0.25) is 0 Å². The Bertz CT molecular complexity index is 1090. The first-order chi connectivity index (χ1) is 16.9. The first-order valence-corrected chi connectivity index (χ1v) is 12.6. The van der Waals surface area contributed by atoms with Crippen LogP contribution in [-0.4, -0.2) is 52.7 Å². The standard InChI is InChI=1S/C28H32N2O5/c1-2-19(15-25(31)30-16-18-11-13-28(30,14-12-18)26(32)33)29-27(34)35-17-24-22-9-5-3-7-20(22)21-8-4-6-10-23(21)24/h3-10,18-19,24H,2,11-17H2,1H3,(H,29,34)(H,32,33). The zero-order valence-corrected chi connectivity index (χ0v) is 20.0. The molecule has 2 aliphatic carbocycles. The lowest BCUT2D eigenvalue weighted by Crippen LogP contribution is -2.64. The number of hydrogen-bond acceptors (Lipinski definition) is 4. The van der Waals surface area contributed by atoms with Crippen LogP contribution in [0.1, 0.15) is 62.5 Å². The number of carbonyl (C=O) groups is 3. The SMILES string of the molecule is CCC(CC(=O)N1CC2CCC1(C(=O)O)CC2)NC(=O)OCC1c2ccccc2-c2ccccc21. The monoisotopic (exact) mass is 476 g/mol. The van der Waals surface area contributed by atoms with Gasteiger partial charge in [0, 0.05) is 24.9 Å². The quantitative estimate of drug-likeness (QED) is 0.611. The Morgan fingerprint density at radius 2 is 1.66 bits per heavy atom. The van der Waals surface area contributed by atoms with Crippen LogP contribution in [0.25, 0.3) is 11.1 Å². The second-order valence-electron chi connectivity index (χ2n) is 10.1. The van der Waals surface area contributed by atoms with E-state index < -0.39 is 23.6 Å². The number of piperidine rings is 2. The largest absolute Gasteiger partial charge is 0.479 e. The number of carbonyl (C=O) groups excluding carboxylic acids is 2. The fourth-order valence-electron chi connectivity index (χ4n) is 6.14. The summed E-state index contributed by atoms with van der Waals surface area (Å²) in [6, 6.07) is 15.9. The first-order valence-electron chi connectivity index (χ1n) is 12.6. The maximum atomic E-state index is 13.2. The number of nitrogens with zero attached hydrogens (tertiary/aromatic N) is 1. The third-order valence-electron chi connectivity index (χ3n) is 8.17. The number of aliphatic carboxylic acids is 1. The number of carboxylic acids is 1. The van der Waals surface area contributed by atoms with Gasteiger partial charge in [-0.05, 0) is 60.3 Å². The fourth-order valence-corrected chi connectivity index (χ4v) is 6.14. The Balaban J connectivity index is 1.21. The molecule has 3 fully saturated rings. The van der Waals surface area contributed by atoms with Crippen molar-refractivity contribution in [3.05, 3.63) is 59.7 Å². The van der Waals surface area contributed by atoms with Gasteiger partial charge in [0.15, 0.2) is 0 Å². The van der Waals surface area contributed by atoms with Gasteiger partial charge in [-0.15, -0.1) is 0 Å². The van der Waals surface area contributed by atoms with Crippen LogP contribution in [-0.2, 0) is 14.3 Å². The Kier molecular flexibility index (Phi) is 6.26. The van der Waals surface area contributed by atoms with Gasteiger partial charge in [0.25, 0.3) is 0 Å². The van der Waals surface area contributed by atoms with Crippen LogP contribution in [0.3, 0.4) is 0 Å². The van der Waals surface area contributed by atoms with Crippen molar-refractivity contribution >= 4 is 18.0 Å². The number of fused-ring (bicyclic) bond motifs is 6. The molecule has 2 aliphatic heterocycles. The second kappa shape index (κ2) is 9.36. The van der Waals surface area contributed by atoms with Gasteiger partial charge in [-0.25, -0.2) is 9.59 Å². The third-order valence-corrected chi connectivity index (χ3v) is 8.17. The summed E-state index contributed by atoms with van der Waals surface area (Å²) >= 11 is 0. The van der Waals surface area contributed by atoms with E-state index in [9.17, 15) is 19.5 Å². The Labute approximate surface area is 205 Å². The van der Waals surface area contributed by atoms with Crippen LogP contribution in [0.15, 0.2) is 48.5 Å². The maximum absolute atomic E-state index is 13.2. The molecule has 2 bridgehead atoms. The number of amides is 2. The highest BCUT2D eigenvalue weighted by Gasteiger charge is 2.53. The number of hydrogen-bond donors (Lipinski definition) is 2. The Morgan fingerprint density at radius 1 is 1.06 bits per heavy atom. The van der Waals surface area contributed by atoms with Crippen molar-refractivity contribution < 1.29 is 24.2 Å². The number of alkyl carbamates (subject to hydrolysis) is 1. The summed E-state index contributed by atoms with van der Waals surface area (Å²) < 4.78 is 5.64. The minimum absolute atomic E-state index is 0.0332. The summed E-state index contributed by atoms with van der Waals surface area (Å²) in [7, 11) is 0. The van der Waals surface area contributed by atoms with Crippen molar-refractivity contribution in [1.82, 2.24) is 10.2 Å². The molecule has 1 saturated carbocycles. The molecule has 6 rings (SSSR count). The van der Waals surface area contributed by atoms with E-state index in [2.05, 4.69) is 29.6 Å². The highest BCUT2D eigenvalue weighted by molar-refractivity contribution is 5.88. The summed E-state index contributed by atoms with van der Waals surface area (Å²) in [6.45, 7) is 2.60. The van der Waals surface area contributed by atoms with E-state index in [-0.39, 0.29) is 24.9 Å². The van der Waals surface area contributed by atoms with E-state index >= 15 is 0 Å². The summed E-state index contributed by atoms with van der Waals surface area (Å²) in [5, 5.41) is 12.7. The lowest BCUT2D eigenvalue weighted by Gasteiger charge is -2.52. The Morgan fingerprint density at radius 3 is 2.23 bits per heavy atom. The predicted octanol–water partition coefficient (Wildman–Crippen LogP) is 4.55. The average molecular weight is 477 g/mol. The molecule has 0 radical (unpaired) electrons. The van der Waals surface area contributed by atoms with Crippen molar-refractivity contribution in [3.63, 3.8) is 0 Å². The highest BCUT2D eigenvalue weighted by Crippen LogP contribution is 2.45. The minimum atomic E-state index is -1.09. The smallest absolute Gasteiger partial charge is 0.407 e. The summed E-state index contributed by atoms with van der Waals surface area (Å²) in [5.74, 6) is -0.784. The van der Waals surface area contributed by atoms with E-state index in [1.165, 1.54) is 0 Å². The van der Waals surface area contributed by atoms with E-state index in [1.807, 2.05) is 31.2 Å². The molecule has 1 atom stereocenters. The second-order valence-corrected chi connectivity index (χ2v) is 10.1. The van der Waals surface area contributed by atoms with E-state index in [1.54, 1.807) is 4.90 Å². The van der Waals surface area contributed by atoms with Crippen LogP contribution in [0, 0.1) is 5.92 Å². The third kappa shape index (κ3) is 4.17. The molecule has 2 saturated heterocycles. The number of benzene rings is 2. The molecule has 0 spiro atoms. The molecule has 7 heteroatoms. The van der Waals surface area contributed by atoms with E-state index in [0.717, 1.165) is 35.1 Å². The molecule has 4 aliphatic rings. The van der Waals surface area contributed by atoms with Gasteiger partial charge in [-0.3, -0.25) is 4.79 Å². The summed E-state index contributed by atoms with van der Waals surface area (Å²) in [4.78, 5) is 39.5. The van der Waals surface area contributed by atoms with Gasteiger partial charge < -0.3 is 20.1 Å². The van der Waals surface area contributed by atoms with E-state index in [4.69, 9.17) is 4.74 Å². The zero-order chi connectivity index (χ0) is 24.6. The molecular weight excluding hydrogens is 444 g/mol. The average Bonchev–Trinajstić information content (AvgIpc) is 3.21. The van der Waals surface area contributed by atoms with Crippen LogP contribution in [0.5, 0.6) is 0 Å². The van der Waals surface area contributed by atoms with Crippen molar-refractivity contribution in [2.45, 2.75) is 62.9 Å². The normalized spacial score (nSPS) is 23.3. The van der Waals surface area contributed by atoms with Gasteiger partial charge >= 0.3 is 12.1 Å². The molecule has 35 heavy (non-hydrogen) atoms. The molecule has 184 valence electrons. The lowest BCUT2D eigenvalue weighted by atomic mass is 9.70. The lowest BCUT2D eigenvalue weighted by molar-refractivity contribution is -0.170. The molecule has 2 amide bonds. The number of rotatable bonds is 7. The van der Waals surface area contributed by atoms with Crippen LogP contribution < -0.4 is 5.32 Å². The first kappa shape index (κ1) is 23.4. The molecule has 1 unspecified atom stereocenters. The topological polar surface area (TPSA) is 95.9 Å². The van der Waals surface area contributed by atoms with Gasteiger partial charge in [0.1, 0.15) is 12.1 Å². The van der Waals surface area contributed by atoms with Gasteiger partial charge in [-0.1, -0.05) is 55.5 Å². The summed E-state index contributed by atoms with van der Waals surface area (Å²) in [6.07, 6.45) is 2.79. The van der Waals surface area contributed by atoms with Crippen molar-refractivity contribution in [1.29, 1.82) is 0 Å². The fraction of sp³-hybridized carbons (Fsp3) is 0.464. The molecule has 2 aromatic carbocycles. The van der Waals surface area contributed by atoms with Gasteiger partial charge in [0.2, 0.25) is 5.91 Å².